The molecule has 2 unspecified atom stereocenters. The molecule has 8 heteroatoms. The molecule has 0 saturated carbocycles. The van der Waals surface area contributed by atoms with Crippen LogP contribution in [0.3, 0.4) is 0 Å². The van der Waals surface area contributed by atoms with Crippen molar-refractivity contribution in [3.05, 3.63) is 91.9 Å². The second-order valence-corrected chi connectivity index (χ2v) is 9.34. The van der Waals surface area contributed by atoms with E-state index in [0.29, 0.717) is 37.6 Å². The molecule has 2 aliphatic rings. The van der Waals surface area contributed by atoms with Crippen molar-refractivity contribution in [3.63, 3.8) is 0 Å². The van der Waals surface area contributed by atoms with E-state index in [-0.39, 0.29) is 24.2 Å². The predicted molar refractivity (Wildman–Crippen MR) is 133 cm³/mol. The third-order valence-corrected chi connectivity index (χ3v) is 6.93. The summed E-state index contributed by atoms with van der Waals surface area (Å²) in [5, 5.41) is 7.35. The van der Waals surface area contributed by atoms with Gasteiger partial charge in [0.25, 0.3) is 0 Å². The van der Waals surface area contributed by atoms with E-state index in [0.717, 1.165) is 16.8 Å². The summed E-state index contributed by atoms with van der Waals surface area (Å²) in [7, 11) is 0. The van der Waals surface area contributed by atoms with Crippen molar-refractivity contribution in [3.8, 4) is 0 Å². The third kappa shape index (κ3) is 4.01. The average molecular weight is 499 g/mol. The number of benzodiazepines with no additional fused rings is 1. The van der Waals surface area contributed by atoms with E-state index in [9.17, 15) is 9.59 Å². The van der Waals surface area contributed by atoms with Gasteiger partial charge in [0, 0.05) is 38.3 Å². The molecular weight excluding hydrogens is 481 g/mol. The van der Waals surface area contributed by atoms with Crippen molar-refractivity contribution in [2.24, 2.45) is 4.99 Å². The number of carbonyl (C=O) groups is 2. The molecule has 0 fully saturated rings. The lowest BCUT2D eigenvalue weighted by Gasteiger charge is -2.14. The van der Waals surface area contributed by atoms with Gasteiger partial charge in [-0.05, 0) is 54.4 Å². The van der Waals surface area contributed by atoms with E-state index in [1.165, 1.54) is 0 Å². The van der Waals surface area contributed by atoms with Crippen LogP contribution in [-0.4, -0.2) is 23.6 Å². The highest BCUT2D eigenvalue weighted by molar-refractivity contribution is 6.36. The highest BCUT2D eigenvalue weighted by Gasteiger charge is 2.30. The van der Waals surface area contributed by atoms with Crippen molar-refractivity contribution in [1.29, 1.82) is 0 Å². The number of amides is 2. The SMILES string of the molecule is CC1C(=O)Nc2cc(C3=NC(Cc4c(Cl)cccc4Cl)C(=O)Nc4ccc(Cl)cc43)ccc21. The molecule has 0 aliphatic carbocycles. The van der Waals surface area contributed by atoms with Gasteiger partial charge < -0.3 is 10.6 Å². The van der Waals surface area contributed by atoms with Gasteiger partial charge in [0.05, 0.1) is 17.3 Å². The Morgan fingerprint density at radius 3 is 2.36 bits per heavy atom. The Morgan fingerprint density at radius 1 is 0.879 bits per heavy atom. The minimum Gasteiger partial charge on any atom is -0.325 e. The molecule has 5 rings (SSSR count). The molecule has 2 N–H and O–H groups in total. The maximum absolute atomic E-state index is 13.1. The monoisotopic (exact) mass is 497 g/mol. The molecule has 2 amide bonds. The molecule has 0 saturated heterocycles. The number of hydrogen-bond acceptors (Lipinski definition) is 3. The van der Waals surface area contributed by atoms with Crippen LogP contribution < -0.4 is 10.6 Å². The third-order valence-electron chi connectivity index (χ3n) is 5.99. The standard InChI is InChI=1S/C25H18Cl3N3O2/c1-12-15-7-5-13(9-21(15)31-24(12)32)23-17-10-14(26)6-8-20(17)30-25(33)22(29-23)11-16-18(27)3-2-4-19(16)28/h2-10,12,22H,11H2,1H3,(H,30,33)(H,31,32). The van der Waals surface area contributed by atoms with Gasteiger partial charge in [-0.15, -0.1) is 0 Å². The molecule has 0 spiro atoms. The number of nitrogens with one attached hydrogen (secondary N) is 2. The molecule has 2 atom stereocenters. The Balaban J connectivity index is 1.65. The molecule has 166 valence electrons. The fourth-order valence-electron chi connectivity index (χ4n) is 4.18. The Kier molecular flexibility index (Phi) is 5.65. The van der Waals surface area contributed by atoms with E-state index < -0.39 is 6.04 Å². The highest BCUT2D eigenvalue weighted by Crippen LogP contribution is 2.35. The Hall–Kier alpha value is -2.86. The zero-order valence-electron chi connectivity index (χ0n) is 17.5. The number of halogens is 3. The molecule has 3 aromatic carbocycles. The molecule has 3 aromatic rings. The number of aliphatic imine (C=N–C) groups is 1. The molecule has 5 nitrogen and oxygen atoms in total. The lowest BCUT2D eigenvalue weighted by molar-refractivity contribution is -0.117. The lowest BCUT2D eigenvalue weighted by Crippen LogP contribution is -2.27. The number of fused-ring (bicyclic) bond motifs is 2. The normalized spacial score (nSPS) is 19.2. The first-order chi connectivity index (χ1) is 15.8. The number of hydrogen-bond donors (Lipinski definition) is 2. The van der Waals surface area contributed by atoms with Gasteiger partial charge in [0.15, 0.2) is 0 Å². The van der Waals surface area contributed by atoms with E-state index in [1.54, 1.807) is 36.4 Å². The topological polar surface area (TPSA) is 70.6 Å². The van der Waals surface area contributed by atoms with Gasteiger partial charge in [-0.2, -0.15) is 0 Å². The van der Waals surface area contributed by atoms with Crippen molar-refractivity contribution < 1.29 is 9.59 Å². The van der Waals surface area contributed by atoms with Crippen LogP contribution in [0.5, 0.6) is 0 Å². The summed E-state index contributed by atoms with van der Waals surface area (Å²) in [4.78, 5) is 30.2. The summed E-state index contributed by atoms with van der Waals surface area (Å²) >= 11 is 19.0. The summed E-state index contributed by atoms with van der Waals surface area (Å²) in [6, 6.07) is 15.4. The molecular formula is C25H18Cl3N3O2. The first-order valence-electron chi connectivity index (χ1n) is 10.4. The van der Waals surface area contributed by atoms with Crippen LogP contribution in [0.15, 0.2) is 59.6 Å². The van der Waals surface area contributed by atoms with Crippen molar-refractivity contribution in [2.75, 3.05) is 10.6 Å². The largest absolute Gasteiger partial charge is 0.325 e. The fraction of sp³-hybridized carbons (Fsp3) is 0.160. The Labute approximate surface area is 205 Å². The van der Waals surface area contributed by atoms with Gasteiger partial charge in [0.1, 0.15) is 6.04 Å². The second kappa shape index (κ2) is 8.49. The predicted octanol–water partition coefficient (Wildman–Crippen LogP) is 6.10. The summed E-state index contributed by atoms with van der Waals surface area (Å²) in [6.45, 7) is 1.87. The maximum Gasteiger partial charge on any atom is 0.249 e. The van der Waals surface area contributed by atoms with Gasteiger partial charge in [0.2, 0.25) is 11.8 Å². The van der Waals surface area contributed by atoms with Crippen LogP contribution in [0.1, 0.15) is 35.1 Å². The lowest BCUT2D eigenvalue weighted by atomic mass is 9.96. The minimum absolute atomic E-state index is 0.0449. The highest BCUT2D eigenvalue weighted by atomic mass is 35.5. The molecule has 2 aliphatic heterocycles. The quantitative estimate of drug-likeness (QED) is 0.458. The van der Waals surface area contributed by atoms with Gasteiger partial charge >= 0.3 is 0 Å². The van der Waals surface area contributed by atoms with Crippen molar-refractivity contribution in [1.82, 2.24) is 0 Å². The van der Waals surface area contributed by atoms with Crippen LogP contribution in [0.2, 0.25) is 15.1 Å². The smallest absolute Gasteiger partial charge is 0.249 e. The van der Waals surface area contributed by atoms with Crippen LogP contribution >= 0.6 is 34.8 Å². The number of nitrogens with zero attached hydrogens (tertiary/aromatic N) is 1. The average Bonchev–Trinajstić information content (AvgIpc) is 2.98. The number of anilines is 2. The first-order valence-corrected chi connectivity index (χ1v) is 11.5. The number of carbonyl (C=O) groups excluding carboxylic acids is 2. The van der Waals surface area contributed by atoms with Crippen LogP contribution in [0, 0.1) is 0 Å². The van der Waals surface area contributed by atoms with Gasteiger partial charge in [-0.25, -0.2) is 0 Å². The van der Waals surface area contributed by atoms with Crippen LogP contribution in [-0.2, 0) is 16.0 Å². The molecule has 0 radical (unpaired) electrons. The summed E-state index contributed by atoms with van der Waals surface area (Å²) in [6.07, 6.45) is 0.230. The van der Waals surface area contributed by atoms with Crippen molar-refractivity contribution >= 4 is 63.7 Å². The molecule has 2 heterocycles. The van der Waals surface area contributed by atoms with E-state index in [4.69, 9.17) is 39.8 Å². The van der Waals surface area contributed by atoms with Crippen LogP contribution in [0.4, 0.5) is 11.4 Å². The zero-order valence-corrected chi connectivity index (χ0v) is 19.7. The summed E-state index contributed by atoms with van der Waals surface area (Å²) in [5.74, 6) is -0.533. The molecule has 0 aromatic heterocycles. The van der Waals surface area contributed by atoms with E-state index >= 15 is 0 Å². The number of benzene rings is 3. The Bertz CT molecular complexity index is 1330. The van der Waals surface area contributed by atoms with E-state index in [1.807, 2.05) is 25.1 Å². The fourth-order valence-corrected chi connectivity index (χ4v) is 4.91. The summed E-state index contributed by atoms with van der Waals surface area (Å²) < 4.78 is 0. The van der Waals surface area contributed by atoms with Gasteiger partial charge in [-0.1, -0.05) is 53.0 Å². The van der Waals surface area contributed by atoms with Gasteiger partial charge in [-0.3, -0.25) is 14.6 Å². The first kappa shape index (κ1) is 22.0. The van der Waals surface area contributed by atoms with E-state index in [2.05, 4.69) is 10.6 Å². The second-order valence-electron chi connectivity index (χ2n) is 8.09. The Morgan fingerprint density at radius 2 is 1.61 bits per heavy atom. The molecule has 0 bridgehead atoms. The number of rotatable bonds is 3. The summed E-state index contributed by atoms with van der Waals surface area (Å²) in [5.41, 5.74) is 4.98. The molecule has 33 heavy (non-hydrogen) atoms. The zero-order chi connectivity index (χ0) is 23.3. The van der Waals surface area contributed by atoms with Crippen LogP contribution in [0.25, 0.3) is 0 Å². The maximum atomic E-state index is 13.1. The van der Waals surface area contributed by atoms with Crippen molar-refractivity contribution in [2.45, 2.75) is 25.3 Å². The minimum atomic E-state index is -0.773.